The number of rotatable bonds is 2. The topological polar surface area (TPSA) is 29.5 Å². The van der Waals surface area contributed by atoms with Crippen molar-refractivity contribution < 1.29 is 23.0 Å². The molecule has 100 valence electrons. The second-order valence-corrected chi connectivity index (χ2v) is 4.53. The van der Waals surface area contributed by atoms with E-state index in [1.165, 1.54) is 12.1 Å². The van der Waals surface area contributed by atoms with Crippen LogP contribution in [-0.2, 0) is 10.9 Å². The van der Waals surface area contributed by atoms with Crippen molar-refractivity contribution >= 4 is 0 Å². The molecule has 1 N–H and O–H groups in total. The van der Waals surface area contributed by atoms with Gasteiger partial charge in [-0.1, -0.05) is 12.1 Å². The number of aliphatic hydroxyl groups excluding tert-OH is 1. The van der Waals surface area contributed by atoms with E-state index in [0.29, 0.717) is 6.61 Å². The first-order valence-electron chi connectivity index (χ1n) is 5.90. The SMILES string of the molecule is OC[C@@H]1CC[C@H](c2ccc(C(F)(F)F)cc2)CO1. The zero-order valence-corrected chi connectivity index (χ0v) is 9.78. The molecular formula is C13H15F3O2. The summed E-state index contributed by atoms with van der Waals surface area (Å²) >= 11 is 0. The molecule has 0 aromatic heterocycles. The predicted molar refractivity (Wildman–Crippen MR) is 60.2 cm³/mol. The van der Waals surface area contributed by atoms with Crippen LogP contribution in [0.4, 0.5) is 13.2 Å². The van der Waals surface area contributed by atoms with Gasteiger partial charge in [0.05, 0.1) is 24.9 Å². The third kappa shape index (κ3) is 3.03. The average molecular weight is 260 g/mol. The first kappa shape index (κ1) is 13.4. The fourth-order valence-electron chi connectivity index (χ4n) is 2.16. The highest BCUT2D eigenvalue weighted by atomic mass is 19.4. The number of benzene rings is 1. The van der Waals surface area contributed by atoms with Gasteiger partial charge in [0.25, 0.3) is 0 Å². The molecule has 1 saturated heterocycles. The number of alkyl halides is 3. The monoisotopic (exact) mass is 260 g/mol. The lowest BCUT2D eigenvalue weighted by molar-refractivity contribution is -0.137. The van der Waals surface area contributed by atoms with Crippen LogP contribution in [-0.4, -0.2) is 24.4 Å². The summed E-state index contributed by atoms with van der Waals surface area (Å²) in [6, 6.07) is 5.23. The molecular weight excluding hydrogens is 245 g/mol. The van der Waals surface area contributed by atoms with Crippen LogP contribution in [0, 0.1) is 0 Å². The molecule has 0 amide bonds. The van der Waals surface area contributed by atoms with E-state index in [-0.39, 0.29) is 18.6 Å². The third-order valence-electron chi connectivity index (χ3n) is 3.28. The van der Waals surface area contributed by atoms with Gasteiger partial charge in [-0.25, -0.2) is 0 Å². The first-order valence-corrected chi connectivity index (χ1v) is 5.90. The molecule has 1 fully saturated rings. The molecule has 0 saturated carbocycles. The highest BCUT2D eigenvalue weighted by molar-refractivity contribution is 5.27. The van der Waals surface area contributed by atoms with Crippen molar-refractivity contribution in [3.8, 4) is 0 Å². The minimum absolute atomic E-state index is 0.000266. The summed E-state index contributed by atoms with van der Waals surface area (Å²) < 4.78 is 42.6. The van der Waals surface area contributed by atoms with E-state index in [0.717, 1.165) is 30.5 Å². The minimum atomic E-state index is -4.29. The summed E-state index contributed by atoms with van der Waals surface area (Å²) in [5.74, 6) is 0.120. The second-order valence-electron chi connectivity index (χ2n) is 4.53. The van der Waals surface area contributed by atoms with E-state index in [1.807, 2.05) is 0 Å². The van der Waals surface area contributed by atoms with Crippen molar-refractivity contribution in [1.29, 1.82) is 0 Å². The standard InChI is InChI=1S/C13H15F3O2/c14-13(15,16)11-4-1-9(2-5-11)10-3-6-12(7-17)18-8-10/h1-2,4-5,10,12,17H,3,6-8H2/t10-,12-/m0/s1. The predicted octanol–water partition coefficient (Wildman–Crippen LogP) is 2.96. The van der Waals surface area contributed by atoms with E-state index < -0.39 is 11.7 Å². The summed E-state index contributed by atoms with van der Waals surface area (Å²) in [5, 5.41) is 8.92. The maximum Gasteiger partial charge on any atom is 0.416 e. The average Bonchev–Trinajstić information content (AvgIpc) is 2.38. The Bertz CT molecular complexity index is 378. The highest BCUT2D eigenvalue weighted by Gasteiger charge is 2.30. The third-order valence-corrected chi connectivity index (χ3v) is 3.28. The van der Waals surface area contributed by atoms with Crippen molar-refractivity contribution in [2.24, 2.45) is 0 Å². The van der Waals surface area contributed by atoms with Gasteiger partial charge in [0.15, 0.2) is 0 Å². The Kier molecular flexibility index (Phi) is 3.92. The van der Waals surface area contributed by atoms with Crippen molar-refractivity contribution in [3.63, 3.8) is 0 Å². The van der Waals surface area contributed by atoms with Gasteiger partial charge in [0, 0.05) is 5.92 Å². The number of ether oxygens (including phenoxy) is 1. The number of hydrogen-bond donors (Lipinski definition) is 1. The molecule has 18 heavy (non-hydrogen) atoms. The van der Waals surface area contributed by atoms with Gasteiger partial charge in [-0.15, -0.1) is 0 Å². The molecule has 0 spiro atoms. The quantitative estimate of drug-likeness (QED) is 0.885. The van der Waals surface area contributed by atoms with E-state index in [1.54, 1.807) is 0 Å². The molecule has 2 nitrogen and oxygen atoms in total. The number of hydrogen-bond acceptors (Lipinski definition) is 2. The molecule has 5 heteroatoms. The van der Waals surface area contributed by atoms with Crippen LogP contribution in [0.5, 0.6) is 0 Å². The molecule has 1 heterocycles. The van der Waals surface area contributed by atoms with Crippen LogP contribution >= 0.6 is 0 Å². The van der Waals surface area contributed by atoms with Crippen LogP contribution in [0.3, 0.4) is 0 Å². The van der Waals surface area contributed by atoms with Gasteiger partial charge in [-0.05, 0) is 30.5 Å². The Morgan fingerprint density at radius 1 is 1.17 bits per heavy atom. The fourth-order valence-corrected chi connectivity index (χ4v) is 2.16. The molecule has 2 atom stereocenters. The lowest BCUT2D eigenvalue weighted by Crippen LogP contribution is -2.27. The Morgan fingerprint density at radius 2 is 1.83 bits per heavy atom. The summed E-state index contributed by atoms with van der Waals surface area (Å²) in [6.07, 6.45) is -2.85. The Labute approximate surface area is 103 Å². The molecule has 0 aliphatic carbocycles. The smallest absolute Gasteiger partial charge is 0.394 e. The van der Waals surface area contributed by atoms with Crippen molar-refractivity contribution in [2.75, 3.05) is 13.2 Å². The zero-order valence-electron chi connectivity index (χ0n) is 9.78. The van der Waals surface area contributed by atoms with E-state index in [9.17, 15) is 13.2 Å². The molecule has 1 aromatic rings. The molecule has 0 unspecified atom stereocenters. The van der Waals surface area contributed by atoms with E-state index >= 15 is 0 Å². The van der Waals surface area contributed by atoms with Crippen LogP contribution in [0.2, 0.25) is 0 Å². The Morgan fingerprint density at radius 3 is 2.28 bits per heavy atom. The van der Waals surface area contributed by atoms with Gasteiger partial charge in [-0.2, -0.15) is 13.2 Å². The van der Waals surface area contributed by atoms with Gasteiger partial charge in [-0.3, -0.25) is 0 Å². The lowest BCUT2D eigenvalue weighted by Gasteiger charge is -2.28. The largest absolute Gasteiger partial charge is 0.416 e. The zero-order chi connectivity index (χ0) is 13.2. The van der Waals surface area contributed by atoms with Gasteiger partial charge in [0.2, 0.25) is 0 Å². The molecule has 1 aliphatic heterocycles. The van der Waals surface area contributed by atoms with Crippen LogP contribution in [0.15, 0.2) is 24.3 Å². The van der Waals surface area contributed by atoms with Gasteiger partial charge >= 0.3 is 6.18 Å². The van der Waals surface area contributed by atoms with Crippen LogP contribution < -0.4 is 0 Å². The van der Waals surface area contributed by atoms with Gasteiger partial charge in [0.1, 0.15) is 0 Å². The van der Waals surface area contributed by atoms with Crippen LogP contribution in [0.1, 0.15) is 29.9 Å². The summed E-state index contributed by atoms with van der Waals surface area (Å²) in [5.41, 5.74) is 0.232. The Balaban J connectivity index is 2.02. The number of aliphatic hydroxyl groups is 1. The van der Waals surface area contributed by atoms with Crippen molar-refractivity contribution in [1.82, 2.24) is 0 Å². The first-order chi connectivity index (χ1) is 8.50. The summed E-state index contributed by atoms with van der Waals surface area (Å²) in [7, 11) is 0. The van der Waals surface area contributed by atoms with Crippen molar-refractivity contribution in [3.05, 3.63) is 35.4 Å². The van der Waals surface area contributed by atoms with Crippen molar-refractivity contribution in [2.45, 2.75) is 31.0 Å². The van der Waals surface area contributed by atoms with E-state index in [2.05, 4.69) is 0 Å². The highest BCUT2D eigenvalue weighted by Crippen LogP contribution is 2.32. The van der Waals surface area contributed by atoms with E-state index in [4.69, 9.17) is 9.84 Å². The summed E-state index contributed by atoms with van der Waals surface area (Å²) in [4.78, 5) is 0. The molecule has 1 aromatic carbocycles. The number of halogens is 3. The second kappa shape index (κ2) is 5.28. The maximum absolute atomic E-state index is 12.4. The lowest BCUT2D eigenvalue weighted by atomic mass is 9.91. The maximum atomic E-state index is 12.4. The minimum Gasteiger partial charge on any atom is -0.394 e. The normalized spacial score (nSPS) is 25.1. The molecule has 0 radical (unpaired) electrons. The van der Waals surface area contributed by atoms with Crippen LogP contribution in [0.25, 0.3) is 0 Å². The fraction of sp³-hybridized carbons (Fsp3) is 0.538. The summed E-state index contributed by atoms with van der Waals surface area (Å²) in [6.45, 7) is 0.455. The molecule has 2 rings (SSSR count). The Hall–Kier alpha value is -1.07. The molecule has 0 bridgehead atoms. The molecule has 1 aliphatic rings. The van der Waals surface area contributed by atoms with Gasteiger partial charge < -0.3 is 9.84 Å².